The Kier molecular flexibility index (Phi) is 5.14. The minimum absolute atomic E-state index is 0.241. The van der Waals surface area contributed by atoms with E-state index in [1.54, 1.807) is 12.1 Å². The molecule has 0 saturated carbocycles. The molecule has 0 aromatic carbocycles. The first-order chi connectivity index (χ1) is 10.0. The van der Waals surface area contributed by atoms with Gasteiger partial charge in [-0.15, -0.1) is 11.3 Å². The molecule has 0 atom stereocenters. The van der Waals surface area contributed by atoms with Crippen LogP contribution in [0, 0.1) is 6.92 Å². The van der Waals surface area contributed by atoms with Crippen LogP contribution < -0.4 is 10.6 Å². The number of carbonyl (C=O) groups excluding carboxylic acids is 1. The van der Waals surface area contributed by atoms with E-state index in [1.165, 1.54) is 11.3 Å². The maximum atomic E-state index is 12.3. The maximum absolute atomic E-state index is 12.3. The largest absolute Gasteiger partial charge is 0.370 e. The Morgan fingerprint density at radius 1 is 1.33 bits per heavy atom. The highest BCUT2D eigenvalue weighted by Gasteiger charge is 2.13. The number of hydrogen-bond acceptors (Lipinski definition) is 5. The van der Waals surface area contributed by atoms with Crippen molar-refractivity contribution in [2.45, 2.75) is 27.2 Å². The van der Waals surface area contributed by atoms with Gasteiger partial charge in [-0.3, -0.25) is 10.1 Å². The van der Waals surface area contributed by atoms with Crippen molar-refractivity contribution >= 4 is 39.8 Å². The number of halogens is 1. The van der Waals surface area contributed by atoms with Crippen LogP contribution in [0.2, 0.25) is 5.15 Å². The molecule has 0 radical (unpaired) electrons. The van der Waals surface area contributed by atoms with E-state index in [0.717, 1.165) is 17.0 Å². The summed E-state index contributed by atoms with van der Waals surface area (Å²) in [7, 11) is 0. The van der Waals surface area contributed by atoms with Gasteiger partial charge in [-0.05, 0) is 32.4 Å². The number of nitrogens with zero attached hydrogens (tertiary/aromatic N) is 2. The van der Waals surface area contributed by atoms with E-state index in [9.17, 15) is 4.79 Å². The first-order valence-corrected chi connectivity index (χ1v) is 7.92. The topological polar surface area (TPSA) is 66.9 Å². The zero-order valence-corrected chi connectivity index (χ0v) is 13.7. The van der Waals surface area contributed by atoms with Crippen molar-refractivity contribution < 1.29 is 4.79 Å². The molecule has 2 N–H and O–H groups in total. The van der Waals surface area contributed by atoms with E-state index >= 15 is 0 Å². The fourth-order valence-corrected chi connectivity index (χ4v) is 2.98. The number of carbonyl (C=O) groups is 1. The predicted octanol–water partition coefficient (Wildman–Crippen LogP) is 3.75. The van der Waals surface area contributed by atoms with Crippen molar-refractivity contribution in [3.05, 3.63) is 33.4 Å². The third-order valence-corrected chi connectivity index (χ3v) is 3.98. The minimum Gasteiger partial charge on any atom is -0.370 e. The van der Waals surface area contributed by atoms with Gasteiger partial charge in [0.05, 0.1) is 5.69 Å². The number of thiazole rings is 1. The quantitative estimate of drug-likeness (QED) is 0.822. The molecule has 112 valence electrons. The van der Waals surface area contributed by atoms with Crippen LogP contribution >= 0.6 is 22.9 Å². The molecule has 7 heteroatoms. The molecule has 0 aliphatic rings. The molecule has 0 unspecified atom stereocenters. The van der Waals surface area contributed by atoms with Crippen LogP contribution in [0.3, 0.4) is 0 Å². The van der Waals surface area contributed by atoms with Gasteiger partial charge in [0.1, 0.15) is 11.0 Å². The van der Waals surface area contributed by atoms with Crippen LogP contribution in [0.4, 0.5) is 10.9 Å². The summed E-state index contributed by atoms with van der Waals surface area (Å²) in [6.45, 7) is 6.70. The number of aryl methyl sites for hydroxylation is 2. The van der Waals surface area contributed by atoms with Crippen LogP contribution in [0.15, 0.2) is 12.1 Å². The molecule has 2 heterocycles. The van der Waals surface area contributed by atoms with Crippen molar-refractivity contribution in [2.24, 2.45) is 0 Å². The molecule has 1 amide bonds. The van der Waals surface area contributed by atoms with Crippen molar-refractivity contribution in [3.63, 3.8) is 0 Å². The normalized spacial score (nSPS) is 10.5. The zero-order chi connectivity index (χ0) is 15.4. The van der Waals surface area contributed by atoms with E-state index in [-0.39, 0.29) is 11.1 Å². The van der Waals surface area contributed by atoms with E-state index in [0.29, 0.717) is 23.1 Å². The lowest BCUT2D eigenvalue weighted by Gasteiger charge is -2.06. The summed E-state index contributed by atoms with van der Waals surface area (Å²) >= 11 is 7.41. The summed E-state index contributed by atoms with van der Waals surface area (Å²) in [6, 6.07) is 3.21. The molecule has 0 spiro atoms. The number of nitrogens with one attached hydrogen (secondary N) is 2. The molecule has 0 fully saturated rings. The van der Waals surface area contributed by atoms with E-state index in [2.05, 4.69) is 20.6 Å². The summed E-state index contributed by atoms with van der Waals surface area (Å²) in [6.07, 6.45) is 0.851. The predicted molar refractivity (Wildman–Crippen MR) is 87.6 cm³/mol. The summed E-state index contributed by atoms with van der Waals surface area (Å²) in [5, 5.41) is 6.73. The van der Waals surface area contributed by atoms with Gasteiger partial charge in [0.15, 0.2) is 5.13 Å². The maximum Gasteiger partial charge on any atom is 0.257 e. The number of amides is 1. The molecule has 2 aromatic heterocycles. The van der Waals surface area contributed by atoms with Crippen molar-refractivity contribution in [1.82, 2.24) is 9.97 Å². The van der Waals surface area contributed by atoms with E-state index in [1.807, 2.05) is 20.8 Å². The summed E-state index contributed by atoms with van der Waals surface area (Å²) in [5.74, 6) is 0.342. The lowest BCUT2D eigenvalue weighted by atomic mass is 10.2. The van der Waals surface area contributed by atoms with Gasteiger partial charge in [-0.2, -0.15) is 0 Å². The lowest BCUT2D eigenvalue weighted by molar-refractivity contribution is 0.102. The van der Waals surface area contributed by atoms with Gasteiger partial charge < -0.3 is 5.32 Å². The van der Waals surface area contributed by atoms with Gasteiger partial charge in [-0.25, -0.2) is 9.97 Å². The molecule has 2 rings (SSSR count). The van der Waals surface area contributed by atoms with Gasteiger partial charge in [0.25, 0.3) is 5.91 Å². The summed E-state index contributed by atoms with van der Waals surface area (Å²) in [5.41, 5.74) is 1.47. The highest BCUT2D eigenvalue weighted by Crippen LogP contribution is 2.23. The van der Waals surface area contributed by atoms with Gasteiger partial charge in [-0.1, -0.05) is 18.5 Å². The second-order valence-corrected chi connectivity index (χ2v) is 6.01. The average Bonchev–Trinajstić information content (AvgIpc) is 2.78. The number of hydrogen-bond donors (Lipinski definition) is 2. The molecule has 21 heavy (non-hydrogen) atoms. The number of anilines is 2. The van der Waals surface area contributed by atoms with E-state index < -0.39 is 0 Å². The Morgan fingerprint density at radius 2 is 2.10 bits per heavy atom. The molecular formula is C14H17ClN4OS. The van der Waals surface area contributed by atoms with Crippen molar-refractivity contribution in [1.29, 1.82) is 0 Å². The fourth-order valence-electron chi connectivity index (χ4n) is 1.88. The third kappa shape index (κ3) is 3.92. The Labute approximate surface area is 132 Å². The number of pyridine rings is 1. The summed E-state index contributed by atoms with van der Waals surface area (Å²) < 4.78 is 0. The Bertz CT molecular complexity index is 656. The molecular weight excluding hydrogens is 308 g/mol. The SMILES string of the molecule is CCNc1cc(C(=O)Nc2nc(CC)c(C)s2)cc(Cl)n1. The van der Waals surface area contributed by atoms with Crippen LogP contribution in [0.25, 0.3) is 0 Å². The minimum atomic E-state index is -0.241. The molecule has 2 aromatic rings. The average molecular weight is 325 g/mol. The molecule has 0 bridgehead atoms. The van der Waals surface area contributed by atoms with Crippen LogP contribution in [-0.4, -0.2) is 22.4 Å². The Morgan fingerprint density at radius 3 is 2.71 bits per heavy atom. The number of aromatic nitrogens is 2. The molecule has 0 saturated heterocycles. The fraction of sp³-hybridized carbons (Fsp3) is 0.357. The van der Waals surface area contributed by atoms with Crippen molar-refractivity contribution in [2.75, 3.05) is 17.2 Å². The van der Waals surface area contributed by atoms with Crippen LogP contribution in [-0.2, 0) is 6.42 Å². The number of rotatable bonds is 5. The van der Waals surface area contributed by atoms with Gasteiger partial charge >= 0.3 is 0 Å². The highest BCUT2D eigenvalue weighted by molar-refractivity contribution is 7.15. The first-order valence-electron chi connectivity index (χ1n) is 6.72. The summed E-state index contributed by atoms with van der Waals surface area (Å²) in [4.78, 5) is 21.9. The monoisotopic (exact) mass is 324 g/mol. The molecule has 0 aliphatic carbocycles. The Balaban J connectivity index is 2.19. The van der Waals surface area contributed by atoms with Gasteiger partial charge in [0, 0.05) is 17.0 Å². The van der Waals surface area contributed by atoms with Crippen molar-refractivity contribution in [3.8, 4) is 0 Å². The van der Waals surface area contributed by atoms with Crippen LogP contribution in [0.5, 0.6) is 0 Å². The van der Waals surface area contributed by atoms with E-state index in [4.69, 9.17) is 11.6 Å². The molecule has 0 aliphatic heterocycles. The van der Waals surface area contributed by atoms with Crippen LogP contribution in [0.1, 0.15) is 34.8 Å². The highest BCUT2D eigenvalue weighted by atomic mass is 35.5. The first kappa shape index (κ1) is 15.7. The Hall–Kier alpha value is -1.66. The third-order valence-electron chi connectivity index (χ3n) is 2.86. The van der Waals surface area contributed by atoms with Gasteiger partial charge in [0.2, 0.25) is 0 Å². The lowest BCUT2D eigenvalue weighted by Crippen LogP contribution is -2.13. The standard InChI is InChI=1S/C14H17ClN4OS/c1-4-10-8(3)21-14(17-10)19-13(20)9-6-11(15)18-12(7-9)16-5-2/h6-7H,4-5H2,1-3H3,(H,16,18)(H,17,19,20). The zero-order valence-electron chi connectivity index (χ0n) is 12.2. The smallest absolute Gasteiger partial charge is 0.257 e. The second kappa shape index (κ2) is 6.87. The molecule has 5 nitrogen and oxygen atoms in total. The second-order valence-electron chi connectivity index (χ2n) is 4.42.